The molecular weight excluding hydrogens is 339 g/mol. The number of ether oxygens (including phenoxy) is 1. The van der Waals surface area contributed by atoms with Crippen molar-refractivity contribution < 1.29 is 22.7 Å². The molecule has 0 saturated heterocycles. The Morgan fingerprint density at radius 3 is 2.62 bits per heavy atom. The van der Waals surface area contributed by atoms with Gasteiger partial charge in [0.15, 0.2) is 0 Å². The number of anilines is 1. The maximum Gasteiger partial charge on any atom is 0.416 e. The van der Waals surface area contributed by atoms with E-state index < -0.39 is 17.7 Å². The average molecular weight is 353 g/mol. The van der Waals surface area contributed by atoms with Gasteiger partial charge in [-0.1, -0.05) is 24.3 Å². The minimum Gasteiger partial charge on any atom is -0.466 e. The number of methoxy groups -OCH3 is 1. The van der Waals surface area contributed by atoms with Gasteiger partial charge in [0.25, 0.3) is 0 Å². The van der Waals surface area contributed by atoms with Crippen molar-refractivity contribution in [2.75, 3.05) is 11.8 Å². The predicted molar refractivity (Wildman–Crippen MR) is 88.4 cm³/mol. The van der Waals surface area contributed by atoms with Crippen molar-refractivity contribution in [2.24, 2.45) is 0 Å². The van der Waals surface area contributed by atoms with E-state index in [4.69, 9.17) is 0 Å². The number of alkyl halides is 3. The summed E-state index contributed by atoms with van der Waals surface area (Å²) in [6.07, 6.45) is -1.53. The Morgan fingerprint density at radius 1 is 1.17 bits per heavy atom. The number of rotatable bonds is 5. The van der Waals surface area contributed by atoms with Gasteiger partial charge in [0.05, 0.1) is 18.4 Å². The first-order valence-corrected chi connectivity index (χ1v) is 7.67. The lowest BCUT2D eigenvalue weighted by Crippen LogP contribution is -2.04. The van der Waals surface area contributed by atoms with Gasteiger partial charge in [-0.05, 0) is 47.9 Å². The zero-order chi connectivity index (χ0) is 17.6. The topological polar surface area (TPSA) is 38.3 Å². The van der Waals surface area contributed by atoms with Gasteiger partial charge in [-0.25, -0.2) is 4.79 Å². The third-order valence-electron chi connectivity index (χ3n) is 3.00. The highest BCUT2D eigenvalue weighted by atomic mass is 32.2. The van der Waals surface area contributed by atoms with Crippen LogP contribution in [0.15, 0.2) is 59.5 Å². The normalized spacial score (nSPS) is 11.5. The second-order valence-corrected chi connectivity index (χ2v) is 5.55. The molecule has 0 aliphatic carbocycles. The van der Waals surface area contributed by atoms with Crippen molar-refractivity contribution in [2.45, 2.75) is 11.1 Å². The fourth-order valence-corrected chi connectivity index (χ4v) is 2.56. The Labute approximate surface area is 141 Å². The van der Waals surface area contributed by atoms with Crippen molar-refractivity contribution in [1.29, 1.82) is 0 Å². The van der Waals surface area contributed by atoms with Crippen LogP contribution < -0.4 is 4.72 Å². The average Bonchev–Trinajstić information content (AvgIpc) is 2.58. The van der Waals surface area contributed by atoms with Crippen LogP contribution >= 0.6 is 11.9 Å². The third kappa shape index (κ3) is 5.06. The van der Waals surface area contributed by atoms with Gasteiger partial charge in [0.2, 0.25) is 0 Å². The number of carbonyl (C=O) groups is 1. The lowest BCUT2D eigenvalue weighted by atomic mass is 10.2. The molecule has 2 aromatic rings. The molecule has 0 fully saturated rings. The summed E-state index contributed by atoms with van der Waals surface area (Å²) >= 11 is 1.06. The number of esters is 1. The Morgan fingerprint density at radius 2 is 1.92 bits per heavy atom. The quantitative estimate of drug-likeness (QED) is 0.466. The number of halogens is 3. The molecular formula is C17H14F3NO2S. The van der Waals surface area contributed by atoms with Crippen molar-refractivity contribution >= 4 is 29.7 Å². The summed E-state index contributed by atoms with van der Waals surface area (Å²) in [7, 11) is 1.28. The molecule has 3 nitrogen and oxygen atoms in total. The van der Waals surface area contributed by atoms with Crippen LogP contribution in [0.2, 0.25) is 0 Å². The van der Waals surface area contributed by atoms with Gasteiger partial charge >= 0.3 is 12.1 Å². The third-order valence-corrected chi connectivity index (χ3v) is 3.81. The number of nitrogens with one attached hydrogen (secondary N) is 1. The predicted octanol–water partition coefficient (Wildman–Crippen LogP) is 5.01. The minimum atomic E-state index is -4.38. The van der Waals surface area contributed by atoms with Crippen molar-refractivity contribution in [3.8, 4) is 0 Å². The van der Waals surface area contributed by atoms with E-state index in [9.17, 15) is 18.0 Å². The SMILES string of the molecule is COC(=O)/C=C/c1ccccc1NSc1cccc(C(F)(F)F)c1. The summed E-state index contributed by atoms with van der Waals surface area (Å²) in [4.78, 5) is 11.6. The monoisotopic (exact) mass is 353 g/mol. The molecule has 2 aromatic carbocycles. The number of hydrogen-bond donors (Lipinski definition) is 1. The molecule has 0 bridgehead atoms. The molecule has 1 N–H and O–H groups in total. The highest BCUT2D eigenvalue weighted by Gasteiger charge is 2.30. The van der Waals surface area contributed by atoms with Gasteiger partial charge in [0, 0.05) is 11.0 Å². The van der Waals surface area contributed by atoms with Crippen molar-refractivity contribution in [3.05, 3.63) is 65.7 Å². The number of para-hydroxylation sites is 1. The number of carbonyl (C=O) groups excluding carboxylic acids is 1. The molecule has 2 rings (SSSR count). The van der Waals surface area contributed by atoms with Gasteiger partial charge in [0.1, 0.15) is 0 Å². The Kier molecular flexibility index (Phi) is 5.92. The molecule has 126 valence electrons. The molecule has 0 spiro atoms. The van der Waals surface area contributed by atoms with Crippen LogP contribution in [-0.4, -0.2) is 13.1 Å². The Bertz CT molecular complexity index is 745. The van der Waals surface area contributed by atoms with E-state index in [1.807, 2.05) is 0 Å². The van der Waals surface area contributed by atoms with Gasteiger partial charge in [-0.2, -0.15) is 13.2 Å². The van der Waals surface area contributed by atoms with E-state index >= 15 is 0 Å². The maximum absolute atomic E-state index is 12.7. The van der Waals surface area contributed by atoms with Crippen molar-refractivity contribution in [1.82, 2.24) is 0 Å². The Balaban J connectivity index is 2.13. The molecule has 24 heavy (non-hydrogen) atoms. The van der Waals surface area contributed by atoms with Gasteiger partial charge < -0.3 is 9.46 Å². The zero-order valence-corrected chi connectivity index (χ0v) is 13.4. The second-order valence-electron chi connectivity index (χ2n) is 4.67. The van der Waals surface area contributed by atoms with Gasteiger partial charge in [-0.3, -0.25) is 0 Å². The van der Waals surface area contributed by atoms with Crippen LogP contribution in [0.1, 0.15) is 11.1 Å². The molecule has 7 heteroatoms. The fourth-order valence-electron chi connectivity index (χ4n) is 1.81. The summed E-state index contributed by atoms with van der Waals surface area (Å²) in [6, 6.07) is 12.1. The molecule has 0 amide bonds. The lowest BCUT2D eigenvalue weighted by Gasteiger charge is -2.11. The molecule has 0 aliphatic rings. The van der Waals surface area contributed by atoms with Crippen LogP contribution in [0.25, 0.3) is 6.08 Å². The zero-order valence-electron chi connectivity index (χ0n) is 12.6. The summed E-state index contributed by atoms with van der Waals surface area (Å²) < 4.78 is 45.7. The molecule has 0 saturated carbocycles. The van der Waals surface area contributed by atoms with Crippen LogP contribution in [0.4, 0.5) is 18.9 Å². The first-order chi connectivity index (χ1) is 11.4. The fraction of sp³-hybridized carbons (Fsp3) is 0.118. The molecule has 0 atom stereocenters. The Hall–Kier alpha value is -2.41. The molecule has 0 aliphatic heterocycles. The summed E-state index contributed by atoms with van der Waals surface area (Å²) in [5.41, 5.74) is 0.676. The van der Waals surface area contributed by atoms with E-state index in [0.29, 0.717) is 16.1 Å². The molecule has 0 unspecified atom stereocenters. The highest BCUT2D eigenvalue weighted by molar-refractivity contribution is 8.00. The summed E-state index contributed by atoms with van der Waals surface area (Å²) in [6.45, 7) is 0. The number of benzene rings is 2. The standard InChI is InChI=1S/C17H14F3NO2S/c1-23-16(22)10-9-12-5-2-3-8-15(12)21-24-14-7-4-6-13(11-14)17(18,19)20/h2-11,21H,1H3/b10-9+. The summed E-state index contributed by atoms with van der Waals surface area (Å²) in [5, 5.41) is 0. The first-order valence-electron chi connectivity index (χ1n) is 6.85. The van der Waals surface area contributed by atoms with Gasteiger partial charge in [-0.15, -0.1) is 0 Å². The van der Waals surface area contributed by atoms with Crippen LogP contribution in [0, 0.1) is 0 Å². The smallest absolute Gasteiger partial charge is 0.416 e. The van der Waals surface area contributed by atoms with E-state index in [1.54, 1.807) is 36.4 Å². The van der Waals surface area contributed by atoms with E-state index in [0.717, 1.165) is 24.1 Å². The number of hydrogen-bond acceptors (Lipinski definition) is 4. The maximum atomic E-state index is 12.7. The van der Waals surface area contributed by atoms with Crippen molar-refractivity contribution in [3.63, 3.8) is 0 Å². The van der Waals surface area contributed by atoms with E-state index in [-0.39, 0.29) is 0 Å². The summed E-state index contributed by atoms with van der Waals surface area (Å²) in [5.74, 6) is -0.490. The largest absolute Gasteiger partial charge is 0.466 e. The lowest BCUT2D eigenvalue weighted by molar-refractivity contribution is -0.138. The van der Waals surface area contributed by atoms with Crippen LogP contribution in [0.3, 0.4) is 0 Å². The first kappa shape index (κ1) is 17.9. The molecule has 0 radical (unpaired) electrons. The molecule has 0 heterocycles. The van der Waals surface area contributed by atoms with E-state index in [1.165, 1.54) is 19.3 Å². The highest BCUT2D eigenvalue weighted by Crippen LogP contribution is 2.32. The van der Waals surface area contributed by atoms with Crippen LogP contribution in [0.5, 0.6) is 0 Å². The molecule has 0 aromatic heterocycles. The van der Waals surface area contributed by atoms with Crippen LogP contribution in [-0.2, 0) is 15.7 Å². The second kappa shape index (κ2) is 7.92. The van der Waals surface area contributed by atoms with E-state index in [2.05, 4.69) is 9.46 Å². The minimum absolute atomic E-state index is 0.427.